The molecule has 1 N–H and O–H groups in total. The first kappa shape index (κ1) is 17.7. The summed E-state index contributed by atoms with van der Waals surface area (Å²) in [5.74, 6) is 1.44. The SMILES string of the molecule is COc1cc(C2CCCN(Cc3ccc4c(c3)OCO4)C2)ccc1C(=O)O. The van der Waals surface area contributed by atoms with E-state index in [-0.39, 0.29) is 5.56 Å². The van der Waals surface area contributed by atoms with Crippen molar-refractivity contribution in [3.05, 3.63) is 53.1 Å². The maximum absolute atomic E-state index is 11.3. The first-order valence-electron chi connectivity index (χ1n) is 9.16. The van der Waals surface area contributed by atoms with Gasteiger partial charge in [-0.15, -0.1) is 0 Å². The third-order valence-corrected chi connectivity index (χ3v) is 5.28. The van der Waals surface area contributed by atoms with Crippen molar-refractivity contribution >= 4 is 5.97 Å². The molecule has 2 aromatic rings. The number of nitrogens with zero attached hydrogens (tertiary/aromatic N) is 1. The Morgan fingerprint density at radius 3 is 2.89 bits per heavy atom. The zero-order valence-electron chi connectivity index (χ0n) is 15.3. The molecule has 6 heteroatoms. The smallest absolute Gasteiger partial charge is 0.339 e. The van der Waals surface area contributed by atoms with Gasteiger partial charge in [0.05, 0.1) is 7.11 Å². The lowest BCUT2D eigenvalue weighted by Crippen LogP contribution is -2.33. The van der Waals surface area contributed by atoms with Crippen molar-refractivity contribution in [2.75, 3.05) is 27.0 Å². The molecule has 1 saturated heterocycles. The average Bonchev–Trinajstić information content (AvgIpc) is 3.15. The highest BCUT2D eigenvalue weighted by Crippen LogP contribution is 2.34. The summed E-state index contributed by atoms with van der Waals surface area (Å²) in [7, 11) is 1.51. The highest BCUT2D eigenvalue weighted by molar-refractivity contribution is 5.91. The van der Waals surface area contributed by atoms with Crippen molar-refractivity contribution < 1.29 is 24.1 Å². The van der Waals surface area contributed by atoms with Crippen molar-refractivity contribution in [1.82, 2.24) is 4.90 Å². The number of piperidine rings is 1. The Balaban J connectivity index is 1.47. The minimum absolute atomic E-state index is 0.203. The van der Waals surface area contributed by atoms with E-state index in [2.05, 4.69) is 17.0 Å². The van der Waals surface area contributed by atoms with Crippen LogP contribution in [0, 0.1) is 0 Å². The van der Waals surface area contributed by atoms with Crippen LogP contribution >= 0.6 is 0 Å². The summed E-state index contributed by atoms with van der Waals surface area (Å²) in [5, 5.41) is 9.26. The van der Waals surface area contributed by atoms with Crippen LogP contribution in [0.4, 0.5) is 0 Å². The van der Waals surface area contributed by atoms with E-state index in [4.69, 9.17) is 14.2 Å². The van der Waals surface area contributed by atoms with Gasteiger partial charge in [-0.2, -0.15) is 0 Å². The van der Waals surface area contributed by atoms with Gasteiger partial charge in [-0.05, 0) is 60.7 Å². The highest BCUT2D eigenvalue weighted by Gasteiger charge is 2.24. The molecule has 6 nitrogen and oxygen atoms in total. The quantitative estimate of drug-likeness (QED) is 0.870. The molecule has 0 saturated carbocycles. The molecule has 2 aromatic carbocycles. The van der Waals surface area contributed by atoms with Gasteiger partial charge in [0.2, 0.25) is 6.79 Å². The van der Waals surface area contributed by atoms with E-state index < -0.39 is 5.97 Å². The number of rotatable bonds is 5. The third-order valence-electron chi connectivity index (χ3n) is 5.28. The Labute approximate surface area is 158 Å². The molecule has 1 unspecified atom stereocenters. The van der Waals surface area contributed by atoms with E-state index in [0.29, 0.717) is 18.5 Å². The number of methoxy groups -OCH3 is 1. The van der Waals surface area contributed by atoms with Crippen molar-refractivity contribution in [3.63, 3.8) is 0 Å². The summed E-state index contributed by atoms with van der Waals surface area (Å²) in [6.07, 6.45) is 2.20. The van der Waals surface area contributed by atoms with Gasteiger partial charge in [-0.1, -0.05) is 12.1 Å². The first-order chi connectivity index (χ1) is 13.1. The van der Waals surface area contributed by atoms with Gasteiger partial charge < -0.3 is 19.3 Å². The maximum atomic E-state index is 11.3. The number of hydrogen-bond donors (Lipinski definition) is 1. The number of aromatic carboxylic acids is 1. The van der Waals surface area contributed by atoms with E-state index in [1.54, 1.807) is 6.07 Å². The number of fused-ring (bicyclic) bond motifs is 1. The standard InChI is InChI=1S/C21H23NO5/c1-25-19-10-15(5-6-17(19)21(23)24)16-3-2-8-22(12-16)11-14-4-7-18-20(9-14)27-13-26-18/h4-7,9-10,16H,2-3,8,11-13H2,1H3,(H,23,24). The molecule has 1 fully saturated rings. The molecule has 2 aliphatic rings. The van der Waals surface area contributed by atoms with E-state index in [1.165, 1.54) is 12.7 Å². The number of benzene rings is 2. The van der Waals surface area contributed by atoms with Crippen molar-refractivity contribution in [2.45, 2.75) is 25.3 Å². The van der Waals surface area contributed by atoms with Crippen molar-refractivity contribution in [1.29, 1.82) is 0 Å². The molecule has 1 atom stereocenters. The highest BCUT2D eigenvalue weighted by atomic mass is 16.7. The molecule has 142 valence electrons. The summed E-state index contributed by atoms with van der Waals surface area (Å²) < 4.78 is 16.1. The molecule has 0 bridgehead atoms. The van der Waals surface area contributed by atoms with Crippen LogP contribution in [0.3, 0.4) is 0 Å². The number of likely N-dealkylation sites (tertiary alicyclic amines) is 1. The Morgan fingerprint density at radius 1 is 1.22 bits per heavy atom. The second-order valence-corrected chi connectivity index (χ2v) is 7.03. The molecule has 27 heavy (non-hydrogen) atoms. The Hall–Kier alpha value is -2.73. The van der Waals surface area contributed by atoms with Crippen molar-refractivity contribution in [3.8, 4) is 17.2 Å². The lowest BCUT2D eigenvalue weighted by atomic mass is 9.89. The Kier molecular flexibility index (Phi) is 4.90. The summed E-state index contributed by atoms with van der Waals surface area (Å²) >= 11 is 0. The van der Waals surface area contributed by atoms with E-state index >= 15 is 0 Å². The lowest BCUT2D eigenvalue weighted by molar-refractivity contribution is 0.0693. The summed E-state index contributed by atoms with van der Waals surface area (Å²) in [5.41, 5.74) is 2.54. The van der Waals surface area contributed by atoms with Gasteiger partial charge in [0, 0.05) is 13.1 Å². The minimum atomic E-state index is -0.966. The Bertz CT molecular complexity index is 850. The molecular formula is C21H23NO5. The summed E-state index contributed by atoms with van der Waals surface area (Å²) in [6.45, 7) is 3.13. The molecule has 0 spiro atoms. The van der Waals surface area contributed by atoms with Crippen LogP contribution in [0.25, 0.3) is 0 Å². The second-order valence-electron chi connectivity index (χ2n) is 7.03. The molecule has 0 radical (unpaired) electrons. The zero-order chi connectivity index (χ0) is 18.8. The van der Waals surface area contributed by atoms with Crippen LogP contribution in [0.1, 0.15) is 40.2 Å². The number of hydrogen-bond acceptors (Lipinski definition) is 5. The number of carboxylic acids is 1. The number of carbonyl (C=O) groups is 1. The second kappa shape index (κ2) is 7.48. The Morgan fingerprint density at radius 2 is 2.07 bits per heavy atom. The molecular weight excluding hydrogens is 346 g/mol. The van der Waals surface area contributed by atoms with E-state index in [9.17, 15) is 9.90 Å². The van der Waals surface area contributed by atoms with Gasteiger partial charge >= 0.3 is 5.97 Å². The van der Waals surface area contributed by atoms with E-state index in [0.717, 1.165) is 49.5 Å². The molecule has 2 aliphatic heterocycles. The minimum Gasteiger partial charge on any atom is -0.496 e. The fourth-order valence-corrected chi connectivity index (χ4v) is 3.91. The third kappa shape index (κ3) is 3.71. The molecule has 2 heterocycles. The predicted molar refractivity (Wildman–Crippen MR) is 99.8 cm³/mol. The van der Waals surface area contributed by atoms with Gasteiger partial charge in [0.15, 0.2) is 11.5 Å². The van der Waals surface area contributed by atoms with Crippen molar-refractivity contribution in [2.24, 2.45) is 0 Å². The first-order valence-corrected chi connectivity index (χ1v) is 9.16. The number of carboxylic acid groups (broad SMARTS) is 1. The summed E-state index contributed by atoms with van der Waals surface area (Å²) in [6, 6.07) is 11.5. The van der Waals surface area contributed by atoms with Crippen LogP contribution in [-0.4, -0.2) is 43.0 Å². The topological polar surface area (TPSA) is 68.2 Å². The van der Waals surface area contributed by atoms with E-state index in [1.807, 2.05) is 18.2 Å². The van der Waals surface area contributed by atoms with Gasteiger partial charge in [-0.25, -0.2) is 4.79 Å². The largest absolute Gasteiger partial charge is 0.496 e. The number of ether oxygens (including phenoxy) is 3. The fraction of sp³-hybridized carbons (Fsp3) is 0.381. The lowest BCUT2D eigenvalue weighted by Gasteiger charge is -2.33. The van der Waals surface area contributed by atoms with Crippen LogP contribution in [0.5, 0.6) is 17.2 Å². The molecule has 4 rings (SSSR count). The molecule has 0 amide bonds. The van der Waals surface area contributed by atoms with Crippen LogP contribution in [-0.2, 0) is 6.54 Å². The normalized spacial score (nSPS) is 19.1. The molecule has 0 aromatic heterocycles. The fourth-order valence-electron chi connectivity index (χ4n) is 3.91. The maximum Gasteiger partial charge on any atom is 0.339 e. The summed E-state index contributed by atoms with van der Waals surface area (Å²) in [4.78, 5) is 13.7. The monoisotopic (exact) mass is 369 g/mol. The van der Waals surface area contributed by atoms with Crippen LogP contribution in [0.15, 0.2) is 36.4 Å². The predicted octanol–water partition coefficient (Wildman–Crippen LogP) is 3.50. The van der Waals surface area contributed by atoms with Crippen LogP contribution in [0.2, 0.25) is 0 Å². The molecule has 0 aliphatic carbocycles. The zero-order valence-corrected chi connectivity index (χ0v) is 15.3. The van der Waals surface area contributed by atoms with Crippen LogP contribution < -0.4 is 14.2 Å². The average molecular weight is 369 g/mol. The van der Waals surface area contributed by atoms with Gasteiger partial charge in [0.25, 0.3) is 0 Å². The van der Waals surface area contributed by atoms with Gasteiger partial charge in [-0.3, -0.25) is 4.90 Å². The van der Waals surface area contributed by atoms with Gasteiger partial charge in [0.1, 0.15) is 11.3 Å².